The van der Waals surface area contributed by atoms with Gasteiger partial charge >= 0.3 is 0 Å². The van der Waals surface area contributed by atoms with Gasteiger partial charge in [0.2, 0.25) is 0 Å². The first-order chi connectivity index (χ1) is 7.68. The summed E-state index contributed by atoms with van der Waals surface area (Å²) in [5, 5.41) is 0. The van der Waals surface area contributed by atoms with Crippen molar-refractivity contribution in [3.63, 3.8) is 0 Å². The van der Waals surface area contributed by atoms with Gasteiger partial charge in [0.25, 0.3) is 0 Å². The number of aryl methyl sites for hydroxylation is 1. The molecular formula is C12H19N3O. The van der Waals surface area contributed by atoms with E-state index in [0.29, 0.717) is 5.92 Å². The van der Waals surface area contributed by atoms with Crippen LogP contribution in [0.2, 0.25) is 0 Å². The van der Waals surface area contributed by atoms with Crippen molar-refractivity contribution in [2.24, 2.45) is 5.73 Å². The summed E-state index contributed by atoms with van der Waals surface area (Å²) in [6.07, 6.45) is 4.08. The second-order valence-electron chi connectivity index (χ2n) is 4.47. The third kappa shape index (κ3) is 2.39. The fourth-order valence-electron chi connectivity index (χ4n) is 2.08. The van der Waals surface area contributed by atoms with Crippen LogP contribution in [0.1, 0.15) is 48.8 Å². The fourth-order valence-corrected chi connectivity index (χ4v) is 2.08. The Bertz CT molecular complexity index is 359. The fraction of sp³-hybridized carbons (Fsp3) is 0.667. The minimum absolute atomic E-state index is 0.00310. The molecule has 1 aromatic heterocycles. The maximum absolute atomic E-state index is 5.84. The van der Waals surface area contributed by atoms with Gasteiger partial charge in [0.05, 0.1) is 6.61 Å². The first kappa shape index (κ1) is 11.5. The van der Waals surface area contributed by atoms with Crippen LogP contribution in [-0.2, 0) is 4.74 Å². The summed E-state index contributed by atoms with van der Waals surface area (Å²) < 4.78 is 5.45. The van der Waals surface area contributed by atoms with Crippen LogP contribution in [0.4, 0.5) is 0 Å². The van der Waals surface area contributed by atoms with Gasteiger partial charge in [-0.3, -0.25) is 0 Å². The predicted octanol–water partition coefficient (Wildman–Crippen LogP) is 1.70. The smallest absolute Gasteiger partial charge is 0.133 e. The molecule has 1 fully saturated rings. The van der Waals surface area contributed by atoms with Crippen LogP contribution >= 0.6 is 0 Å². The van der Waals surface area contributed by atoms with Gasteiger partial charge in [-0.25, -0.2) is 9.97 Å². The van der Waals surface area contributed by atoms with Crippen LogP contribution in [0.15, 0.2) is 6.20 Å². The highest BCUT2D eigenvalue weighted by Crippen LogP contribution is 2.23. The molecule has 1 aromatic rings. The molecule has 0 radical (unpaired) electrons. The van der Waals surface area contributed by atoms with Crippen LogP contribution < -0.4 is 5.73 Å². The minimum Gasteiger partial charge on any atom is -0.381 e. The predicted molar refractivity (Wildman–Crippen MR) is 62.2 cm³/mol. The standard InChI is InChI=1S/C12H19N3O/c1-8(13)11-6-14-12(15-9(11)2)10-4-3-5-16-7-10/h6,8,10H,3-5,7,13H2,1-2H3/t8-,10?/m0/s1. The molecule has 1 unspecified atom stereocenters. The number of aromatic nitrogens is 2. The van der Waals surface area contributed by atoms with Crippen LogP contribution in [0, 0.1) is 6.92 Å². The van der Waals surface area contributed by atoms with Crippen molar-refractivity contribution in [3.05, 3.63) is 23.3 Å². The first-order valence-electron chi connectivity index (χ1n) is 5.85. The Morgan fingerprint density at radius 1 is 1.56 bits per heavy atom. The van der Waals surface area contributed by atoms with Gasteiger partial charge in [0, 0.05) is 36.0 Å². The summed E-state index contributed by atoms with van der Waals surface area (Å²) in [5.74, 6) is 1.26. The molecule has 16 heavy (non-hydrogen) atoms. The summed E-state index contributed by atoms with van der Waals surface area (Å²) in [6.45, 7) is 5.56. The second kappa shape index (κ2) is 4.89. The van der Waals surface area contributed by atoms with E-state index in [2.05, 4.69) is 9.97 Å². The number of rotatable bonds is 2. The molecule has 0 bridgehead atoms. The molecule has 1 aliphatic heterocycles. The van der Waals surface area contributed by atoms with E-state index < -0.39 is 0 Å². The molecule has 2 atom stereocenters. The lowest BCUT2D eigenvalue weighted by Gasteiger charge is -2.21. The molecule has 2 N–H and O–H groups in total. The van der Waals surface area contributed by atoms with Gasteiger partial charge in [-0.15, -0.1) is 0 Å². The minimum atomic E-state index is -0.00310. The Morgan fingerprint density at radius 3 is 2.94 bits per heavy atom. The zero-order chi connectivity index (χ0) is 11.5. The largest absolute Gasteiger partial charge is 0.381 e. The molecule has 1 saturated heterocycles. The van der Waals surface area contributed by atoms with Crippen molar-refractivity contribution < 1.29 is 4.74 Å². The molecule has 0 amide bonds. The molecule has 0 saturated carbocycles. The summed E-state index contributed by atoms with van der Waals surface area (Å²) in [4.78, 5) is 8.96. The van der Waals surface area contributed by atoms with E-state index in [9.17, 15) is 0 Å². The van der Waals surface area contributed by atoms with E-state index >= 15 is 0 Å². The lowest BCUT2D eigenvalue weighted by molar-refractivity contribution is 0.0780. The average Bonchev–Trinajstić information content (AvgIpc) is 2.29. The molecule has 88 valence electrons. The molecule has 4 heteroatoms. The van der Waals surface area contributed by atoms with Crippen LogP contribution in [0.25, 0.3) is 0 Å². The molecule has 1 aliphatic rings. The number of ether oxygens (including phenoxy) is 1. The number of nitrogens with two attached hydrogens (primary N) is 1. The van der Waals surface area contributed by atoms with E-state index in [1.54, 1.807) is 0 Å². The monoisotopic (exact) mass is 221 g/mol. The number of hydrogen-bond donors (Lipinski definition) is 1. The van der Waals surface area contributed by atoms with Gasteiger partial charge in [-0.2, -0.15) is 0 Å². The zero-order valence-corrected chi connectivity index (χ0v) is 9.94. The van der Waals surface area contributed by atoms with E-state index in [4.69, 9.17) is 10.5 Å². The Balaban J connectivity index is 2.19. The first-order valence-corrected chi connectivity index (χ1v) is 5.85. The van der Waals surface area contributed by atoms with Gasteiger partial charge in [-0.05, 0) is 26.7 Å². The summed E-state index contributed by atoms with van der Waals surface area (Å²) in [6, 6.07) is -0.00310. The number of nitrogens with zero attached hydrogens (tertiary/aromatic N) is 2. The molecule has 2 rings (SSSR count). The Kier molecular flexibility index (Phi) is 3.51. The Labute approximate surface area is 96.2 Å². The number of hydrogen-bond acceptors (Lipinski definition) is 4. The third-order valence-corrected chi connectivity index (χ3v) is 3.05. The Morgan fingerprint density at radius 2 is 2.38 bits per heavy atom. The normalized spacial score (nSPS) is 23.1. The second-order valence-corrected chi connectivity index (χ2v) is 4.47. The van der Waals surface area contributed by atoms with Gasteiger partial charge in [-0.1, -0.05) is 0 Å². The van der Waals surface area contributed by atoms with Crippen LogP contribution in [0.3, 0.4) is 0 Å². The lowest BCUT2D eigenvalue weighted by atomic mass is 10.0. The van der Waals surface area contributed by atoms with E-state index in [0.717, 1.165) is 43.1 Å². The van der Waals surface area contributed by atoms with Gasteiger partial charge in [0.15, 0.2) is 0 Å². The highest BCUT2D eigenvalue weighted by atomic mass is 16.5. The van der Waals surface area contributed by atoms with E-state index in [-0.39, 0.29) is 6.04 Å². The molecule has 0 aromatic carbocycles. The van der Waals surface area contributed by atoms with Crippen molar-refractivity contribution >= 4 is 0 Å². The molecule has 0 spiro atoms. The quantitative estimate of drug-likeness (QED) is 0.825. The highest BCUT2D eigenvalue weighted by Gasteiger charge is 2.19. The summed E-state index contributed by atoms with van der Waals surface area (Å²) >= 11 is 0. The highest BCUT2D eigenvalue weighted by molar-refractivity contribution is 5.20. The third-order valence-electron chi connectivity index (χ3n) is 3.05. The van der Waals surface area contributed by atoms with E-state index in [1.807, 2.05) is 20.0 Å². The van der Waals surface area contributed by atoms with Crippen molar-refractivity contribution in [2.45, 2.75) is 38.6 Å². The zero-order valence-electron chi connectivity index (χ0n) is 9.94. The maximum atomic E-state index is 5.84. The summed E-state index contributed by atoms with van der Waals surface area (Å²) in [5.41, 5.74) is 7.86. The molecule has 2 heterocycles. The van der Waals surface area contributed by atoms with Crippen LogP contribution in [-0.4, -0.2) is 23.2 Å². The SMILES string of the molecule is Cc1nc(C2CCCOC2)ncc1[C@H](C)N. The van der Waals surface area contributed by atoms with E-state index in [1.165, 1.54) is 0 Å². The van der Waals surface area contributed by atoms with Crippen molar-refractivity contribution in [1.29, 1.82) is 0 Å². The summed E-state index contributed by atoms with van der Waals surface area (Å²) in [7, 11) is 0. The molecule has 0 aliphatic carbocycles. The van der Waals surface area contributed by atoms with Crippen molar-refractivity contribution in [2.75, 3.05) is 13.2 Å². The van der Waals surface area contributed by atoms with Crippen LogP contribution in [0.5, 0.6) is 0 Å². The average molecular weight is 221 g/mol. The maximum Gasteiger partial charge on any atom is 0.133 e. The van der Waals surface area contributed by atoms with Crippen molar-refractivity contribution in [3.8, 4) is 0 Å². The Hall–Kier alpha value is -1.00. The topological polar surface area (TPSA) is 61.0 Å². The molecular weight excluding hydrogens is 202 g/mol. The molecule has 4 nitrogen and oxygen atoms in total. The lowest BCUT2D eigenvalue weighted by Crippen LogP contribution is -2.19. The van der Waals surface area contributed by atoms with Gasteiger partial charge < -0.3 is 10.5 Å². The van der Waals surface area contributed by atoms with Crippen molar-refractivity contribution in [1.82, 2.24) is 9.97 Å². The van der Waals surface area contributed by atoms with Gasteiger partial charge in [0.1, 0.15) is 5.82 Å².